The highest BCUT2D eigenvalue weighted by molar-refractivity contribution is 8.00. The highest BCUT2D eigenvalue weighted by Crippen LogP contribution is 2.30. The summed E-state index contributed by atoms with van der Waals surface area (Å²) in [4.78, 5) is 42.1. The van der Waals surface area contributed by atoms with E-state index in [0.717, 1.165) is 20.4 Å². The van der Waals surface area contributed by atoms with Gasteiger partial charge in [0.2, 0.25) is 0 Å². The third-order valence-electron chi connectivity index (χ3n) is 5.09. The van der Waals surface area contributed by atoms with E-state index >= 15 is 0 Å². The molecule has 0 spiro atoms. The van der Waals surface area contributed by atoms with Crippen LogP contribution in [0.4, 0.5) is 5.82 Å². The maximum atomic E-state index is 13.1. The van der Waals surface area contributed by atoms with Crippen LogP contribution in [-0.2, 0) is 20.6 Å². The van der Waals surface area contributed by atoms with E-state index in [1.807, 2.05) is 42.7 Å². The van der Waals surface area contributed by atoms with Crippen LogP contribution in [0.1, 0.15) is 29.8 Å². The fourth-order valence-electron chi connectivity index (χ4n) is 3.22. The molecule has 3 rings (SSSR count). The Morgan fingerprint density at radius 1 is 1.17 bits per heavy atom. The number of imidazole rings is 1. The number of carbonyl (C=O) groups is 1. The summed E-state index contributed by atoms with van der Waals surface area (Å²) in [6.45, 7) is 6.43. The van der Waals surface area contributed by atoms with Crippen molar-refractivity contribution in [2.75, 3.05) is 5.73 Å². The Bertz CT molecular complexity index is 1220. The molecule has 0 bridgehead atoms. The zero-order chi connectivity index (χ0) is 22.2. The third kappa shape index (κ3) is 3.72. The number of Topliss-reactive ketones (excluding diaryl/α,β-unsaturated/α-hetero) is 1. The summed E-state index contributed by atoms with van der Waals surface area (Å²) >= 11 is 1.26. The number of hydrogen-bond donors (Lipinski definition) is 1. The van der Waals surface area contributed by atoms with Gasteiger partial charge in [0, 0.05) is 20.6 Å². The normalized spacial score (nSPS) is 12.2. The Morgan fingerprint density at radius 2 is 1.80 bits per heavy atom. The van der Waals surface area contributed by atoms with E-state index in [1.165, 1.54) is 31.4 Å². The van der Waals surface area contributed by atoms with Gasteiger partial charge in [-0.2, -0.15) is 0 Å². The lowest BCUT2D eigenvalue weighted by Crippen LogP contribution is -2.42. The number of thioether (sulfide) groups is 1. The molecule has 9 heteroatoms. The molecule has 2 N–H and O–H groups in total. The van der Waals surface area contributed by atoms with Crippen LogP contribution < -0.4 is 17.0 Å². The number of aryl methyl sites for hydroxylation is 1. The average Bonchev–Trinajstić information content (AvgIpc) is 3.13. The van der Waals surface area contributed by atoms with E-state index in [1.54, 1.807) is 13.1 Å². The van der Waals surface area contributed by atoms with E-state index in [-0.39, 0.29) is 11.4 Å². The molecule has 0 saturated heterocycles. The lowest BCUT2D eigenvalue weighted by Gasteiger charge is -2.15. The zero-order valence-electron chi connectivity index (χ0n) is 17.7. The minimum absolute atomic E-state index is 0.125. The van der Waals surface area contributed by atoms with E-state index < -0.39 is 22.3 Å². The van der Waals surface area contributed by atoms with Crippen LogP contribution in [-0.4, -0.2) is 29.7 Å². The molecule has 0 fully saturated rings. The summed E-state index contributed by atoms with van der Waals surface area (Å²) in [5, 5.41) is 0.0604. The number of nitrogen functional groups attached to an aromatic ring is 1. The molecule has 1 aromatic carbocycles. The number of hydrogen-bond acceptors (Lipinski definition) is 6. The quantitative estimate of drug-likeness (QED) is 0.478. The van der Waals surface area contributed by atoms with Crippen molar-refractivity contribution in [3.63, 3.8) is 0 Å². The van der Waals surface area contributed by atoms with E-state index in [9.17, 15) is 14.4 Å². The summed E-state index contributed by atoms with van der Waals surface area (Å²) in [5.41, 5.74) is 7.67. The Kier molecular flexibility index (Phi) is 6.02. The lowest BCUT2D eigenvalue weighted by atomic mass is 10.1. The van der Waals surface area contributed by atoms with Gasteiger partial charge in [-0.3, -0.25) is 18.7 Å². The summed E-state index contributed by atoms with van der Waals surface area (Å²) in [7, 11) is 2.76. The van der Waals surface area contributed by atoms with E-state index in [4.69, 9.17) is 5.73 Å². The zero-order valence-corrected chi connectivity index (χ0v) is 18.5. The second kappa shape index (κ2) is 8.35. The molecule has 3 aromatic rings. The highest BCUT2D eigenvalue weighted by Gasteiger charge is 2.27. The van der Waals surface area contributed by atoms with Crippen LogP contribution >= 0.6 is 11.8 Å². The number of nitrogens with two attached hydrogens (primary N) is 1. The molecule has 1 atom stereocenters. The first-order valence-corrected chi connectivity index (χ1v) is 10.4. The Labute approximate surface area is 178 Å². The molecular formula is C21H25N5O3S. The maximum absolute atomic E-state index is 13.1. The van der Waals surface area contributed by atoms with Crippen molar-refractivity contribution in [3.8, 4) is 11.3 Å². The molecule has 8 nitrogen and oxygen atoms in total. The molecule has 2 heterocycles. The Hall–Kier alpha value is -3.07. The molecule has 0 amide bonds. The molecule has 0 saturated carbocycles. The van der Waals surface area contributed by atoms with Gasteiger partial charge in [-0.25, -0.2) is 9.78 Å². The van der Waals surface area contributed by atoms with Gasteiger partial charge < -0.3 is 10.3 Å². The number of aromatic nitrogens is 4. The first kappa shape index (κ1) is 21.6. The van der Waals surface area contributed by atoms with E-state index in [2.05, 4.69) is 4.98 Å². The van der Waals surface area contributed by atoms with Gasteiger partial charge in [0.1, 0.15) is 11.4 Å². The SMILES string of the molecule is CCn1c(-c2ccc(C)cc2)cnc1S[C@@H](C)C(=O)c1c(N)n(C)c(=O)n(C)c1=O. The monoisotopic (exact) mass is 427 g/mol. The topological polar surface area (TPSA) is 105 Å². The van der Waals surface area contributed by atoms with Gasteiger partial charge >= 0.3 is 5.69 Å². The van der Waals surface area contributed by atoms with Gasteiger partial charge in [0.25, 0.3) is 5.56 Å². The average molecular weight is 428 g/mol. The minimum Gasteiger partial charge on any atom is -0.384 e. The smallest absolute Gasteiger partial charge is 0.332 e. The number of anilines is 1. The predicted molar refractivity (Wildman–Crippen MR) is 119 cm³/mol. The van der Waals surface area contributed by atoms with Gasteiger partial charge in [-0.05, 0) is 26.3 Å². The number of benzene rings is 1. The molecule has 30 heavy (non-hydrogen) atoms. The van der Waals surface area contributed by atoms with Crippen molar-refractivity contribution in [1.82, 2.24) is 18.7 Å². The minimum atomic E-state index is -0.688. The number of nitrogens with zero attached hydrogens (tertiary/aromatic N) is 4. The number of rotatable bonds is 6. The van der Waals surface area contributed by atoms with Crippen molar-refractivity contribution in [2.45, 2.75) is 37.7 Å². The van der Waals surface area contributed by atoms with Crippen molar-refractivity contribution in [3.05, 3.63) is 62.4 Å². The Balaban J connectivity index is 1.95. The molecule has 158 valence electrons. The standard InChI is InChI=1S/C21H25N5O3S/c1-6-26-15(14-9-7-12(2)8-10-14)11-23-20(26)30-13(3)17(27)16-18(22)24(4)21(29)25(5)19(16)28/h7-11,13H,6,22H2,1-5H3/t13-/m0/s1. The van der Waals surface area contributed by atoms with Gasteiger partial charge in [0.15, 0.2) is 10.9 Å². The molecule has 0 aliphatic carbocycles. The van der Waals surface area contributed by atoms with Gasteiger partial charge in [-0.15, -0.1) is 0 Å². The highest BCUT2D eigenvalue weighted by atomic mass is 32.2. The number of ketones is 1. The number of carbonyl (C=O) groups excluding carboxylic acids is 1. The van der Waals surface area contributed by atoms with Gasteiger partial charge in [0.05, 0.1) is 17.1 Å². The van der Waals surface area contributed by atoms with Crippen molar-refractivity contribution in [1.29, 1.82) is 0 Å². The predicted octanol–water partition coefficient (Wildman–Crippen LogP) is 2.22. The van der Waals surface area contributed by atoms with Gasteiger partial charge in [-0.1, -0.05) is 41.6 Å². The van der Waals surface area contributed by atoms with Crippen molar-refractivity contribution >= 4 is 23.4 Å². The first-order chi connectivity index (χ1) is 14.2. The summed E-state index contributed by atoms with van der Waals surface area (Å²) < 4.78 is 4.03. The van der Waals surface area contributed by atoms with Crippen LogP contribution in [0.25, 0.3) is 11.3 Å². The summed E-state index contributed by atoms with van der Waals surface area (Å²) in [5.74, 6) is -0.559. The molecule has 2 aromatic heterocycles. The van der Waals surface area contributed by atoms with Crippen LogP contribution in [0.5, 0.6) is 0 Å². The molecule has 0 aliphatic heterocycles. The summed E-state index contributed by atoms with van der Waals surface area (Å²) in [6, 6.07) is 8.16. The molecule has 0 unspecified atom stereocenters. The van der Waals surface area contributed by atoms with Crippen molar-refractivity contribution < 1.29 is 4.79 Å². The lowest BCUT2D eigenvalue weighted by molar-refractivity contribution is 0.0992. The maximum Gasteiger partial charge on any atom is 0.332 e. The largest absolute Gasteiger partial charge is 0.384 e. The van der Waals surface area contributed by atoms with Crippen molar-refractivity contribution in [2.24, 2.45) is 14.1 Å². The van der Waals surface area contributed by atoms with Crippen LogP contribution in [0.2, 0.25) is 0 Å². The second-order valence-electron chi connectivity index (χ2n) is 7.13. The fourth-order valence-corrected chi connectivity index (χ4v) is 4.23. The molecule has 0 radical (unpaired) electrons. The van der Waals surface area contributed by atoms with Crippen LogP contribution in [0.15, 0.2) is 45.2 Å². The fraction of sp³-hybridized carbons (Fsp3) is 0.333. The second-order valence-corrected chi connectivity index (χ2v) is 8.43. The van der Waals surface area contributed by atoms with Crippen LogP contribution in [0.3, 0.4) is 0 Å². The third-order valence-corrected chi connectivity index (χ3v) is 6.19. The molecular weight excluding hydrogens is 402 g/mol. The van der Waals surface area contributed by atoms with Crippen LogP contribution in [0, 0.1) is 6.92 Å². The van der Waals surface area contributed by atoms with E-state index in [0.29, 0.717) is 11.7 Å². The Morgan fingerprint density at radius 3 is 2.40 bits per heavy atom. The molecule has 0 aliphatic rings. The first-order valence-electron chi connectivity index (χ1n) is 9.56. The summed E-state index contributed by atoms with van der Waals surface area (Å²) in [6.07, 6.45) is 1.79.